The molecule has 8 heteroatoms. The van der Waals surface area contributed by atoms with Crippen LogP contribution in [-0.2, 0) is 19.9 Å². The number of benzene rings is 1. The van der Waals surface area contributed by atoms with Crippen molar-refractivity contribution in [1.29, 1.82) is 0 Å². The number of nitrogens with zero attached hydrogens (tertiary/aromatic N) is 1. The van der Waals surface area contributed by atoms with Gasteiger partial charge in [0.2, 0.25) is 10.0 Å². The fourth-order valence-electron chi connectivity index (χ4n) is 2.08. The van der Waals surface area contributed by atoms with Crippen LogP contribution in [0.3, 0.4) is 0 Å². The van der Waals surface area contributed by atoms with Gasteiger partial charge in [-0.3, -0.25) is 4.72 Å². The van der Waals surface area contributed by atoms with Gasteiger partial charge in [0, 0.05) is 25.5 Å². The fourth-order valence-corrected chi connectivity index (χ4v) is 6.17. The third-order valence-corrected chi connectivity index (χ3v) is 7.05. The zero-order valence-electron chi connectivity index (χ0n) is 11.4. The SMILES string of the molecule is CN(C)c1ccc(NS(=O)(=O)[C@H]2CCS(=O)(=O)C2)cc1. The third kappa shape index (κ3) is 3.43. The van der Waals surface area contributed by atoms with Crippen molar-refractivity contribution < 1.29 is 16.8 Å². The molecule has 1 fully saturated rings. The Morgan fingerprint density at radius 2 is 1.80 bits per heavy atom. The first-order valence-corrected chi connectivity index (χ1v) is 9.56. The molecule has 0 aromatic heterocycles. The van der Waals surface area contributed by atoms with E-state index in [4.69, 9.17) is 0 Å². The van der Waals surface area contributed by atoms with Crippen LogP contribution in [0.1, 0.15) is 6.42 Å². The Morgan fingerprint density at radius 1 is 1.20 bits per heavy atom. The van der Waals surface area contributed by atoms with Gasteiger partial charge in [0.05, 0.1) is 16.8 Å². The molecule has 1 atom stereocenters. The van der Waals surface area contributed by atoms with E-state index in [1.165, 1.54) is 0 Å². The van der Waals surface area contributed by atoms with Crippen molar-refractivity contribution in [2.24, 2.45) is 0 Å². The van der Waals surface area contributed by atoms with Crippen LogP contribution in [0.2, 0.25) is 0 Å². The van der Waals surface area contributed by atoms with E-state index in [0.717, 1.165) is 5.69 Å². The van der Waals surface area contributed by atoms with Gasteiger partial charge in [-0.1, -0.05) is 0 Å². The fraction of sp³-hybridized carbons (Fsp3) is 0.500. The van der Waals surface area contributed by atoms with Gasteiger partial charge in [0.1, 0.15) is 0 Å². The smallest absolute Gasteiger partial charge is 0.236 e. The summed E-state index contributed by atoms with van der Waals surface area (Å²) in [6.07, 6.45) is 0.160. The average Bonchev–Trinajstić information content (AvgIpc) is 2.70. The summed E-state index contributed by atoms with van der Waals surface area (Å²) in [6.45, 7) is 0. The van der Waals surface area contributed by atoms with Gasteiger partial charge in [-0.2, -0.15) is 0 Å². The van der Waals surface area contributed by atoms with Crippen molar-refractivity contribution in [2.45, 2.75) is 11.7 Å². The van der Waals surface area contributed by atoms with Gasteiger partial charge in [0.15, 0.2) is 9.84 Å². The van der Waals surface area contributed by atoms with Gasteiger partial charge < -0.3 is 4.90 Å². The van der Waals surface area contributed by atoms with E-state index >= 15 is 0 Å². The minimum absolute atomic E-state index is 0.0574. The van der Waals surface area contributed by atoms with E-state index in [1.54, 1.807) is 24.3 Å². The highest BCUT2D eigenvalue weighted by molar-refractivity contribution is 7.97. The molecule has 1 saturated heterocycles. The number of nitrogens with one attached hydrogen (secondary N) is 1. The van der Waals surface area contributed by atoms with Gasteiger partial charge >= 0.3 is 0 Å². The molecular weight excluding hydrogens is 300 g/mol. The Balaban J connectivity index is 2.13. The maximum absolute atomic E-state index is 12.1. The number of sulfone groups is 1. The summed E-state index contributed by atoms with van der Waals surface area (Å²) in [7, 11) is -3.09. The first-order chi connectivity index (χ1) is 9.20. The highest BCUT2D eigenvalue weighted by Crippen LogP contribution is 2.22. The van der Waals surface area contributed by atoms with Crippen molar-refractivity contribution in [2.75, 3.05) is 35.2 Å². The number of hydrogen-bond acceptors (Lipinski definition) is 5. The normalized spacial score (nSPS) is 21.6. The zero-order valence-corrected chi connectivity index (χ0v) is 13.0. The monoisotopic (exact) mass is 318 g/mol. The van der Waals surface area contributed by atoms with Crippen LogP contribution in [0.5, 0.6) is 0 Å². The van der Waals surface area contributed by atoms with E-state index in [-0.39, 0.29) is 17.9 Å². The molecule has 1 aliphatic heterocycles. The first-order valence-electron chi connectivity index (χ1n) is 6.19. The average molecular weight is 318 g/mol. The topological polar surface area (TPSA) is 83.6 Å². The molecule has 1 aliphatic rings. The standard InChI is InChI=1S/C12H18N2O4S2/c1-14(2)11-5-3-10(4-6-11)13-20(17,18)12-7-8-19(15,16)9-12/h3-6,12-13H,7-9H2,1-2H3/t12-/m0/s1. The summed E-state index contributed by atoms with van der Waals surface area (Å²) >= 11 is 0. The molecule has 20 heavy (non-hydrogen) atoms. The van der Waals surface area contributed by atoms with E-state index in [1.807, 2.05) is 19.0 Å². The number of anilines is 2. The van der Waals surface area contributed by atoms with Crippen LogP contribution < -0.4 is 9.62 Å². The number of hydrogen-bond donors (Lipinski definition) is 1. The lowest BCUT2D eigenvalue weighted by atomic mass is 10.3. The molecule has 0 radical (unpaired) electrons. The molecule has 1 aromatic rings. The number of rotatable bonds is 4. The molecule has 1 heterocycles. The van der Waals surface area contributed by atoms with Gasteiger partial charge in [-0.25, -0.2) is 16.8 Å². The van der Waals surface area contributed by atoms with Crippen molar-refractivity contribution in [1.82, 2.24) is 0 Å². The largest absolute Gasteiger partial charge is 0.378 e. The molecule has 0 unspecified atom stereocenters. The summed E-state index contributed by atoms with van der Waals surface area (Å²) in [5.41, 5.74) is 1.40. The second-order valence-corrected chi connectivity index (χ2v) is 9.30. The molecule has 112 valence electrons. The molecule has 0 amide bonds. The molecule has 0 saturated carbocycles. The molecule has 0 spiro atoms. The maximum atomic E-state index is 12.1. The van der Waals surface area contributed by atoms with E-state index in [2.05, 4.69) is 4.72 Å². The first kappa shape index (κ1) is 15.1. The zero-order chi connectivity index (χ0) is 15.0. The Labute approximate surface area is 119 Å². The third-order valence-electron chi connectivity index (χ3n) is 3.27. The minimum Gasteiger partial charge on any atom is -0.378 e. The van der Waals surface area contributed by atoms with Crippen molar-refractivity contribution >= 4 is 31.2 Å². The Hall–Kier alpha value is -1.28. The maximum Gasteiger partial charge on any atom is 0.236 e. The van der Waals surface area contributed by atoms with Crippen LogP contribution in [0.15, 0.2) is 24.3 Å². The van der Waals surface area contributed by atoms with E-state index in [0.29, 0.717) is 5.69 Å². The molecule has 6 nitrogen and oxygen atoms in total. The number of sulfonamides is 1. The quantitative estimate of drug-likeness (QED) is 0.882. The molecule has 2 rings (SSSR count). The van der Waals surface area contributed by atoms with Crippen LogP contribution >= 0.6 is 0 Å². The van der Waals surface area contributed by atoms with E-state index in [9.17, 15) is 16.8 Å². The minimum atomic E-state index is -3.66. The lowest BCUT2D eigenvalue weighted by Crippen LogP contribution is -2.28. The van der Waals surface area contributed by atoms with Crippen LogP contribution in [0.25, 0.3) is 0 Å². The summed E-state index contributed by atoms with van der Waals surface area (Å²) in [6, 6.07) is 6.92. The predicted molar refractivity (Wildman–Crippen MR) is 80.4 cm³/mol. The molecule has 0 bridgehead atoms. The molecule has 1 aromatic carbocycles. The van der Waals surface area contributed by atoms with E-state index < -0.39 is 25.1 Å². The van der Waals surface area contributed by atoms with Crippen LogP contribution in [0, 0.1) is 0 Å². The van der Waals surface area contributed by atoms with Crippen molar-refractivity contribution in [3.8, 4) is 0 Å². The second-order valence-electron chi connectivity index (χ2n) is 5.11. The van der Waals surface area contributed by atoms with Gasteiger partial charge in [-0.15, -0.1) is 0 Å². The second kappa shape index (κ2) is 5.25. The lowest BCUT2D eigenvalue weighted by Gasteiger charge is -2.15. The summed E-state index contributed by atoms with van der Waals surface area (Å²) in [5.74, 6) is -0.351. The lowest BCUT2D eigenvalue weighted by molar-refractivity contribution is 0.587. The molecule has 1 N–H and O–H groups in total. The summed E-state index contributed by atoms with van der Waals surface area (Å²) < 4.78 is 49.4. The molecular formula is C12H18N2O4S2. The highest BCUT2D eigenvalue weighted by atomic mass is 32.2. The summed E-state index contributed by atoms with van der Waals surface area (Å²) in [4.78, 5) is 1.90. The van der Waals surface area contributed by atoms with Gasteiger partial charge in [0.25, 0.3) is 0 Å². The predicted octanol–water partition coefficient (Wildman–Crippen LogP) is 0.681. The Morgan fingerprint density at radius 3 is 2.25 bits per heavy atom. The van der Waals surface area contributed by atoms with Crippen LogP contribution in [-0.4, -0.2) is 47.7 Å². The van der Waals surface area contributed by atoms with Crippen molar-refractivity contribution in [3.63, 3.8) is 0 Å². The van der Waals surface area contributed by atoms with Crippen LogP contribution in [0.4, 0.5) is 11.4 Å². The summed E-state index contributed by atoms with van der Waals surface area (Å²) in [5, 5.41) is -0.860. The molecule has 0 aliphatic carbocycles. The van der Waals surface area contributed by atoms with Gasteiger partial charge in [-0.05, 0) is 30.7 Å². The highest BCUT2D eigenvalue weighted by Gasteiger charge is 2.37. The Bertz CT molecular complexity index is 679. The Kier molecular flexibility index (Phi) is 3.97. The van der Waals surface area contributed by atoms with Crippen molar-refractivity contribution in [3.05, 3.63) is 24.3 Å².